The third kappa shape index (κ3) is 68.2. The van der Waals surface area contributed by atoms with Crippen LogP contribution in [0.25, 0.3) is 0 Å². The maximum atomic E-state index is 13.6. The zero-order valence-electron chi connectivity index (χ0n) is 58.8. The van der Waals surface area contributed by atoms with E-state index in [1.165, 1.54) is 283 Å². The second-order valence-corrected chi connectivity index (χ2v) is 28.6. The van der Waals surface area contributed by atoms with E-state index in [0.29, 0.717) is 23.9 Å². The number of nitrogens with zero attached hydrogens (tertiary/aromatic N) is 1. The molecule has 0 saturated carbocycles. The highest BCUT2D eigenvalue weighted by Crippen LogP contribution is 2.43. The summed E-state index contributed by atoms with van der Waals surface area (Å²) in [5.41, 5.74) is 0. The summed E-state index contributed by atoms with van der Waals surface area (Å²) in [6.45, 7) is 7.04. The van der Waals surface area contributed by atoms with Crippen LogP contribution in [-0.4, -0.2) is 74.3 Å². The van der Waals surface area contributed by atoms with Crippen molar-refractivity contribution in [3.05, 3.63) is 48.6 Å². The van der Waals surface area contributed by atoms with Crippen LogP contribution in [0.1, 0.15) is 380 Å². The number of likely N-dealkylation sites (N-methyl/N-ethyl adjacent to an activating group) is 1. The molecule has 0 aliphatic carbocycles. The number of nitrogens with one attached hydrogen (secondary N) is 1. The van der Waals surface area contributed by atoms with Crippen LogP contribution in [0.5, 0.6) is 0 Å². The van der Waals surface area contributed by atoms with Crippen LogP contribution in [0.15, 0.2) is 48.6 Å². The van der Waals surface area contributed by atoms with Crippen LogP contribution in [-0.2, 0) is 27.9 Å². The Morgan fingerprint density at radius 2 is 0.701 bits per heavy atom. The van der Waals surface area contributed by atoms with Crippen molar-refractivity contribution in [3.63, 3.8) is 0 Å². The largest absolute Gasteiger partial charge is 0.472 e. The van der Waals surface area contributed by atoms with Gasteiger partial charge in [0, 0.05) is 12.8 Å². The summed E-state index contributed by atoms with van der Waals surface area (Å²) >= 11 is 0. The summed E-state index contributed by atoms with van der Waals surface area (Å²) in [5.74, 6) is -0.486. The summed E-state index contributed by atoms with van der Waals surface area (Å²) < 4.78 is 30.9. The Balaban J connectivity index is 4.91. The second kappa shape index (κ2) is 66.9. The number of carbonyl (C=O) groups is 2. The molecule has 0 radical (unpaired) electrons. The van der Waals surface area contributed by atoms with Crippen molar-refractivity contribution in [2.45, 2.75) is 392 Å². The average Bonchev–Trinajstić information content (AvgIpc) is 3.70. The molecule has 0 saturated heterocycles. The van der Waals surface area contributed by atoms with Crippen LogP contribution in [0, 0.1) is 0 Å². The lowest BCUT2D eigenvalue weighted by molar-refractivity contribution is -0.870. The van der Waals surface area contributed by atoms with Gasteiger partial charge in [-0.1, -0.05) is 327 Å². The van der Waals surface area contributed by atoms with Gasteiger partial charge in [0.05, 0.1) is 33.8 Å². The van der Waals surface area contributed by atoms with Crippen LogP contribution >= 0.6 is 7.82 Å². The van der Waals surface area contributed by atoms with Crippen LogP contribution < -0.4 is 5.32 Å². The molecule has 9 nitrogen and oxygen atoms in total. The molecule has 0 fully saturated rings. The fourth-order valence-electron chi connectivity index (χ4n) is 11.4. The molecule has 512 valence electrons. The molecule has 0 aromatic heterocycles. The third-order valence-corrected chi connectivity index (χ3v) is 18.2. The van der Waals surface area contributed by atoms with Gasteiger partial charge in [-0.15, -0.1) is 0 Å². The Bertz CT molecular complexity index is 1620. The minimum atomic E-state index is -4.45. The topological polar surface area (TPSA) is 111 Å². The van der Waals surface area contributed by atoms with Crippen LogP contribution in [0.2, 0.25) is 0 Å². The number of hydrogen-bond acceptors (Lipinski definition) is 6. The van der Waals surface area contributed by atoms with E-state index < -0.39 is 20.0 Å². The van der Waals surface area contributed by atoms with E-state index in [1.807, 2.05) is 33.3 Å². The molecule has 87 heavy (non-hydrogen) atoms. The first kappa shape index (κ1) is 85.0. The summed E-state index contributed by atoms with van der Waals surface area (Å²) in [5, 5.41) is 3.08. The van der Waals surface area contributed by atoms with Crippen molar-refractivity contribution in [1.82, 2.24) is 5.32 Å². The first-order valence-corrected chi connectivity index (χ1v) is 39.5. The summed E-state index contributed by atoms with van der Waals surface area (Å²) in [6, 6.07) is -0.847. The van der Waals surface area contributed by atoms with Gasteiger partial charge in [-0.25, -0.2) is 4.57 Å². The molecule has 3 atom stereocenters. The van der Waals surface area contributed by atoms with Gasteiger partial charge in [-0.05, 0) is 89.5 Å². The Labute approximate surface area is 541 Å². The van der Waals surface area contributed by atoms with Gasteiger partial charge >= 0.3 is 13.8 Å². The highest BCUT2D eigenvalue weighted by Gasteiger charge is 2.30. The first-order valence-electron chi connectivity index (χ1n) is 38.0. The molecule has 0 spiro atoms. The maximum absolute atomic E-state index is 13.6. The molecule has 1 amide bonds. The van der Waals surface area contributed by atoms with Gasteiger partial charge in [-0.3, -0.25) is 18.6 Å². The molecule has 0 bridgehead atoms. The van der Waals surface area contributed by atoms with Crippen molar-refractivity contribution >= 4 is 19.7 Å². The Kier molecular flexibility index (Phi) is 65.3. The van der Waals surface area contributed by atoms with E-state index in [-0.39, 0.29) is 25.1 Å². The minimum absolute atomic E-state index is 0.0423. The van der Waals surface area contributed by atoms with Gasteiger partial charge in [-0.2, -0.15) is 0 Å². The highest BCUT2D eigenvalue weighted by atomic mass is 31.2. The zero-order chi connectivity index (χ0) is 63.5. The maximum Gasteiger partial charge on any atom is 0.472 e. The van der Waals surface area contributed by atoms with Gasteiger partial charge in [0.2, 0.25) is 5.91 Å². The Morgan fingerprint density at radius 1 is 0.402 bits per heavy atom. The van der Waals surface area contributed by atoms with Gasteiger partial charge in [0.1, 0.15) is 19.3 Å². The predicted molar refractivity (Wildman–Crippen MR) is 379 cm³/mol. The Morgan fingerprint density at radius 3 is 1.07 bits per heavy atom. The number of phosphoric ester groups is 1. The molecular weight excluding hydrogens is 1100 g/mol. The van der Waals surface area contributed by atoms with Crippen molar-refractivity contribution in [2.24, 2.45) is 0 Å². The molecule has 3 unspecified atom stereocenters. The van der Waals surface area contributed by atoms with Gasteiger partial charge < -0.3 is 19.4 Å². The monoisotopic (exact) mass is 1240 g/mol. The minimum Gasteiger partial charge on any atom is -0.456 e. The number of allylic oxidation sites excluding steroid dienone is 7. The predicted octanol–water partition coefficient (Wildman–Crippen LogP) is 24.4. The number of esters is 1. The second-order valence-electron chi connectivity index (χ2n) is 27.2. The van der Waals surface area contributed by atoms with Crippen LogP contribution in [0.4, 0.5) is 0 Å². The number of hydrogen-bond donors (Lipinski definition) is 2. The molecule has 0 heterocycles. The van der Waals surface area contributed by atoms with E-state index in [2.05, 4.69) is 62.5 Å². The normalized spacial score (nSPS) is 13.7. The van der Waals surface area contributed by atoms with E-state index in [0.717, 1.165) is 64.2 Å². The standard InChI is InChI=1S/C77H147N2O7P/c1-7-10-13-16-19-22-25-27-29-31-33-35-37-39-41-43-45-47-49-51-54-57-60-63-66-69-76(80)78-74(73-85-87(82,83)84-72-71-79(4,5)6)75(68-65-62-59-56-53-24-21-18-15-12-9-3)86-77(81)70-67-64-61-58-55-52-50-48-46-44-42-40-38-36-34-32-30-28-26-23-20-17-14-11-8-2/h19,22,27-30,65,68,74-75H,7-18,20-21,23-26,31-64,66-67,69-73H2,1-6H3,(H-,78,80,82,83)/p+1/b22-19-,29-27-,30-28+,68-65+. The molecule has 0 rings (SSSR count). The lowest BCUT2D eigenvalue weighted by atomic mass is 10.0. The molecule has 2 N–H and O–H groups in total. The fourth-order valence-corrected chi connectivity index (χ4v) is 12.1. The molecule has 10 heteroatoms. The van der Waals surface area contributed by atoms with E-state index in [1.54, 1.807) is 0 Å². The number of ether oxygens (including phenoxy) is 1. The van der Waals surface area contributed by atoms with Crippen molar-refractivity contribution < 1.29 is 37.3 Å². The SMILES string of the molecule is CCCCC/C=C\C/C=C\CCCCCCCCCCCCCCCCCC(=O)NC(COP(=O)(O)OCC[N+](C)(C)C)C(/C=C/CCCCCCCCCCC)OC(=O)CCCCCCCCCCCCCCCCC/C=C/CCCCCCCC. The number of phosphoric acid groups is 1. The zero-order valence-corrected chi connectivity index (χ0v) is 59.7. The number of unbranched alkanes of at least 4 members (excludes halogenated alkanes) is 48. The first-order chi connectivity index (χ1) is 42.4. The summed E-state index contributed by atoms with van der Waals surface area (Å²) in [7, 11) is 1.51. The van der Waals surface area contributed by atoms with Crippen molar-refractivity contribution in [2.75, 3.05) is 40.9 Å². The molecule has 0 aromatic rings. The molecule has 0 aliphatic heterocycles. The number of carbonyl (C=O) groups excluding carboxylic acids is 2. The highest BCUT2D eigenvalue weighted by molar-refractivity contribution is 7.47. The lowest BCUT2D eigenvalue weighted by Gasteiger charge is -2.27. The number of rotatable bonds is 70. The summed E-state index contributed by atoms with van der Waals surface area (Å²) in [4.78, 5) is 37.9. The Hall–Kier alpha value is -2.03. The van der Waals surface area contributed by atoms with E-state index in [9.17, 15) is 19.0 Å². The molecule has 0 aliphatic rings. The van der Waals surface area contributed by atoms with Crippen molar-refractivity contribution in [1.29, 1.82) is 0 Å². The van der Waals surface area contributed by atoms with Gasteiger partial charge in [0.15, 0.2) is 0 Å². The lowest BCUT2D eigenvalue weighted by Crippen LogP contribution is -2.47. The van der Waals surface area contributed by atoms with E-state index in [4.69, 9.17) is 13.8 Å². The van der Waals surface area contributed by atoms with Crippen molar-refractivity contribution in [3.8, 4) is 0 Å². The van der Waals surface area contributed by atoms with Crippen LogP contribution in [0.3, 0.4) is 0 Å². The molecule has 0 aromatic carbocycles. The van der Waals surface area contributed by atoms with Gasteiger partial charge in [0.25, 0.3) is 0 Å². The third-order valence-electron chi connectivity index (χ3n) is 17.2. The smallest absolute Gasteiger partial charge is 0.456 e. The average molecular weight is 1250 g/mol. The number of amides is 1. The summed E-state index contributed by atoms with van der Waals surface area (Å²) in [6.07, 6.45) is 85.7. The van der Waals surface area contributed by atoms with E-state index >= 15 is 0 Å². The quantitative estimate of drug-likeness (QED) is 0.0205. The number of quaternary nitrogens is 1. The molecular formula is C77H148N2O7P+. The fraction of sp³-hybridized carbons (Fsp3) is 0.870.